The largest absolute Gasteiger partial charge is 0.404 e. The predicted molar refractivity (Wildman–Crippen MR) is 80.3 cm³/mol. The van der Waals surface area contributed by atoms with Gasteiger partial charge in [0, 0.05) is 0 Å². The van der Waals surface area contributed by atoms with Crippen molar-refractivity contribution in [3.63, 3.8) is 0 Å². The number of hydrogen-bond donors (Lipinski definition) is 0. The van der Waals surface area contributed by atoms with Crippen LogP contribution in [0.15, 0.2) is 53.4 Å². The van der Waals surface area contributed by atoms with Crippen LogP contribution in [0.1, 0.15) is 17.0 Å². The molecule has 3 nitrogen and oxygen atoms in total. The quantitative estimate of drug-likeness (QED) is 0.540. The van der Waals surface area contributed by atoms with Gasteiger partial charge in [-0.15, -0.1) is 0 Å². The van der Waals surface area contributed by atoms with E-state index >= 15 is 0 Å². The second kappa shape index (κ2) is 6.82. The zero-order chi connectivity index (χ0) is 19.8. The summed E-state index contributed by atoms with van der Waals surface area (Å²) in [6.07, 6.45) is -11.1. The van der Waals surface area contributed by atoms with Gasteiger partial charge in [-0.05, 0) is 36.2 Å². The molecule has 0 saturated heterocycles. The number of aryl methyl sites for hydroxylation is 1. The van der Waals surface area contributed by atoms with Crippen molar-refractivity contribution >= 4 is 10.1 Å². The van der Waals surface area contributed by atoms with Gasteiger partial charge in [-0.25, -0.2) is 0 Å². The van der Waals surface area contributed by atoms with Crippen molar-refractivity contribution in [1.82, 2.24) is 0 Å². The molecule has 142 valence electrons. The normalized spacial score (nSPS) is 13.1. The molecular weight excluding hydrogens is 386 g/mol. The van der Waals surface area contributed by atoms with Gasteiger partial charge in [-0.3, -0.25) is 0 Å². The molecule has 0 bridgehead atoms. The molecule has 0 spiro atoms. The molecule has 2 aromatic rings. The van der Waals surface area contributed by atoms with Gasteiger partial charge in [0.2, 0.25) is 0 Å². The summed E-state index contributed by atoms with van der Waals surface area (Å²) in [7, 11) is -4.27. The molecule has 0 amide bonds. The zero-order valence-corrected chi connectivity index (χ0v) is 13.9. The summed E-state index contributed by atoms with van der Waals surface area (Å²) in [6.45, 7) is 1.16. The molecule has 2 aromatic carbocycles. The van der Waals surface area contributed by atoms with E-state index in [0.717, 1.165) is 13.0 Å². The fourth-order valence-corrected chi connectivity index (χ4v) is 3.27. The number of benzene rings is 2. The highest BCUT2D eigenvalue weighted by molar-refractivity contribution is 7.87. The Labute approximate surface area is 145 Å². The van der Waals surface area contributed by atoms with E-state index in [9.17, 15) is 34.8 Å². The standard InChI is InChI=1S/C16H12F6O3S/c1-10-9-11(14(15(17,18)19)16(20,21)22)7-8-13(10)25-26(23,24)12-5-3-2-4-6-12/h2-9,14H,1H3. The topological polar surface area (TPSA) is 43.4 Å². The van der Waals surface area contributed by atoms with Crippen LogP contribution in [0.5, 0.6) is 5.75 Å². The molecule has 0 aromatic heterocycles. The fraction of sp³-hybridized carbons (Fsp3) is 0.250. The summed E-state index contributed by atoms with van der Waals surface area (Å²) in [6, 6.07) is 8.84. The van der Waals surface area contributed by atoms with E-state index in [1.807, 2.05) is 0 Å². The molecule has 26 heavy (non-hydrogen) atoms. The summed E-state index contributed by atoms with van der Waals surface area (Å²) >= 11 is 0. The first-order chi connectivity index (χ1) is 11.8. The average molecular weight is 398 g/mol. The molecule has 0 heterocycles. The lowest BCUT2D eigenvalue weighted by atomic mass is 9.96. The van der Waals surface area contributed by atoms with Crippen LogP contribution in [0.25, 0.3) is 0 Å². The minimum atomic E-state index is -5.54. The maximum absolute atomic E-state index is 12.8. The Hall–Kier alpha value is -2.23. The van der Waals surface area contributed by atoms with Gasteiger partial charge >= 0.3 is 22.5 Å². The maximum Gasteiger partial charge on any atom is 0.404 e. The number of alkyl halides is 6. The second-order valence-corrected chi connectivity index (χ2v) is 6.94. The molecule has 0 atom stereocenters. The summed E-state index contributed by atoms with van der Waals surface area (Å²) in [5.74, 6) is -4.03. The van der Waals surface area contributed by atoms with Crippen molar-refractivity contribution in [1.29, 1.82) is 0 Å². The van der Waals surface area contributed by atoms with Gasteiger partial charge in [0.05, 0.1) is 0 Å². The summed E-state index contributed by atoms with van der Waals surface area (Å²) in [4.78, 5) is -0.202. The summed E-state index contributed by atoms with van der Waals surface area (Å²) < 4.78 is 106. The Morgan fingerprint density at radius 2 is 1.42 bits per heavy atom. The van der Waals surface area contributed by atoms with Crippen LogP contribution in [-0.2, 0) is 10.1 Å². The summed E-state index contributed by atoms with van der Waals surface area (Å²) in [5.41, 5.74) is -1.23. The van der Waals surface area contributed by atoms with Crippen molar-refractivity contribution in [2.24, 2.45) is 0 Å². The van der Waals surface area contributed by atoms with E-state index in [1.54, 1.807) is 6.07 Å². The van der Waals surface area contributed by atoms with Crippen molar-refractivity contribution < 1.29 is 38.9 Å². The zero-order valence-electron chi connectivity index (χ0n) is 13.1. The molecule has 0 aliphatic heterocycles. The SMILES string of the molecule is Cc1cc(C(C(F)(F)F)C(F)(F)F)ccc1OS(=O)(=O)c1ccccc1. The highest BCUT2D eigenvalue weighted by Gasteiger charge is 2.57. The Kier molecular flexibility index (Phi) is 5.27. The lowest BCUT2D eigenvalue weighted by molar-refractivity contribution is -0.253. The summed E-state index contributed by atoms with van der Waals surface area (Å²) in [5, 5.41) is 0. The highest BCUT2D eigenvalue weighted by Crippen LogP contribution is 2.47. The first kappa shape index (κ1) is 20.1. The third kappa shape index (κ3) is 4.48. The molecule has 0 saturated carbocycles. The Bertz CT molecular complexity index is 859. The fourth-order valence-electron chi connectivity index (χ4n) is 2.26. The van der Waals surface area contributed by atoms with Gasteiger partial charge in [0.1, 0.15) is 10.6 Å². The van der Waals surface area contributed by atoms with Crippen molar-refractivity contribution in [3.8, 4) is 5.75 Å². The molecule has 0 aliphatic carbocycles. The second-order valence-electron chi connectivity index (χ2n) is 5.39. The van der Waals surface area contributed by atoms with Gasteiger partial charge < -0.3 is 4.18 Å². The Morgan fingerprint density at radius 1 is 0.885 bits per heavy atom. The number of rotatable bonds is 4. The van der Waals surface area contributed by atoms with Gasteiger partial charge in [0.15, 0.2) is 5.92 Å². The predicted octanol–water partition coefficient (Wildman–Crippen LogP) is 4.97. The van der Waals surface area contributed by atoms with Crippen LogP contribution >= 0.6 is 0 Å². The van der Waals surface area contributed by atoms with Crippen LogP contribution in [-0.4, -0.2) is 20.8 Å². The van der Waals surface area contributed by atoms with E-state index < -0.39 is 34.0 Å². The highest BCUT2D eigenvalue weighted by atomic mass is 32.2. The molecule has 0 N–H and O–H groups in total. The van der Waals surface area contributed by atoms with Crippen LogP contribution < -0.4 is 4.18 Å². The molecule has 2 rings (SSSR count). The third-order valence-electron chi connectivity index (χ3n) is 3.42. The van der Waals surface area contributed by atoms with E-state index in [0.29, 0.717) is 12.1 Å². The van der Waals surface area contributed by atoms with Crippen LogP contribution in [0, 0.1) is 6.92 Å². The van der Waals surface area contributed by atoms with Crippen molar-refractivity contribution in [2.45, 2.75) is 30.1 Å². The monoisotopic (exact) mass is 398 g/mol. The minimum Gasteiger partial charge on any atom is -0.379 e. The van der Waals surface area contributed by atoms with E-state index in [1.165, 1.54) is 24.3 Å². The van der Waals surface area contributed by atoms with E-state index in [4.69, 9.17) is 4.18 Å². The number of hydrogen-bond acceptors (Lipinski definition) is 3. The molecule has 0 radical (unpaired) electrons. The van der Waals surface area contributed by atoms with E-state index in [2.05, 4.69) is 0 Å². The Morgan fingerprint density at radius 3 is 1.88 bits per heavy atom. The minimum absolute atomic E-state index is 0.180. The van der Waals surface area contributed by atoms with Crippen LogP contribution in [0.4, 0.5) is 26.3 Å². The van der Waals surface area contributed by atoms with Crippen molar-refractivity contribution in [3.05, 3.63) is 59.7 Å². The average Bonchev–Trinajstić information content (AvgIpc) is 2.48. The van der Waals surface area contributed by atoms with Gasteiger partial charge in [-0.2, -0.15) is 34.8 Å². The molecule has 0 fully saturated rings. The molecule has 0 unspecified atom stereocenters. The van der Waals surface area contributed by atoms with Crippen molar-refractivity contribution in [2.75, 3.05) is 0 Å². The lowest BCUT2D eigenvalue weighted by Gasteiger charge is -2.24. The van der Waals surface area contributed by atoms with E-state index in [-0.39, 0.29) is 16.2 Å². The Balaban J connectivity index is 2.39. The van der Waals surface area contributed by atoms with Crippen LogP contribution in [0.2, 0.25) is 0 Å². The maximum atomic E-state index is 12.8. The number of halogens is 6. The molecule has 10 heteroatoms. The molecular formula is C16H12F6O3S. The third-order valence-corrected chi connectivity index (χ3v) is 4.67. The van der Waals surface area contributed by atoms with Gasteiger partial charge in [0.25, 0.3) is 0 Å². The van der Waals surface area contributed by atoms with Crippen LogP contribution in [0.3, 0.4) is 0 Å². The molecule has 0 aliphatic rings. The lowest BCUT2D eigenvalue weighted by Crippen LogP contribution is -2.34. The smallest absolute Gasteiger partial charge is 0.379 e. The van der Waals surface area contributed by atoms with Gasteiger partial charge in [-0.1, -0.05) is 30.3 Å². The first-order valence-electron chi connectivity index (χ1n) is 7.06. The first-order valence-corrected chi connectivity index (χ1v) is 8.47.